The predicted molar refractivity (Wildman–Crippen MR) is 91.3 cm³/mol. The molecule has 0 unspecified atom stereocenters. The molecule has 24 heavy (non-hydrogen) atoms. The number of pyridine rings is 1. The molecule has 3 rings (SSSR count). The Labute approximate surface area is 139 Å². The summed E-state index contributed by atoms with van der Waals surface area (Å²) in [5.74, 6) is -0.399. The van der Waals surface area contributed by atoms with E-state index in [1.807, 2.05) is 30.3 Å². The zero-order valence-electron chi connectivity index (χ0n) is 13.2. The fourth-order valence-electron chi connectivity index (χ4n) is 2.43. The zero-order chi connectivity index (χ0) is 17.5. The average molecular weight is 344 g/mol. The maximum atomic E-state index is 12.8. The van der Waals surface area contributed by atoms with Crippen LogP contribution in [0.2, 0.25) is 0 Å². The lowest BCUT2D eigenvalue weighted by molar-refractivity contribution is 0.0992. The van der Waals surface area contributed by atoms with Crippen molar-refractivity contribution in [3.63, 3.8) is 0 Å². The zero-order valence-corrected chi connectivity index (χ0v) is 14.0. The van der Waals surface area contributed by atoms with Crippen molar-refractivity contribution >= 4 is 32.7 Å². The van der Waals surface area contributed by atoms with E-state index in [2.05, 4.69) is 4.98 Å². The van der Waals surface area contributed by atoms with E-state index in [4.69, 9.17) is 5.73 Å². The first-order valence-electron chi connectivity index (χ1n) is 7.11. The van der Waals surface area contributed by atoms with Gasteiger partial charge in [-0.05, 0) is 24.3 Å². The summed E-state index contributed by atoms with van der Waals surface area (Å²) in [6.07, 6.45) is 1.35. The fraction of sp³-hybridized carbons (Fsp3) is 0.125. The number of fused-ring (bicyclic) bond motifs is 1. The lowest BCUT2D eigenvalue weighted by Gasteiger charge is -2.18. The largest absolute Gasteiger partial charge is 0.364 e. The van der Waals surface area contributed by atoms with Gasteiger partial charge in [0.1, 0.15) is 16.4 Å². The Bertz CT molecular complexity index is 1040. The van der Waals surface area contributed by atoms with Gasteiger partial charge in [0.2, 0.25) is 0 Å². The number of hydrogen-bond acceptors (Lipinski definition) is 4. The summed E-state index contributed by atoms with van der Waals surface area (Å²) in [7, 11) is -0.871. The van der Waals surface area contributed by atoms with Gasteiger partial charge in [-0.1, -0.05) is 18.2 Å². The first kappa shape index (κ1) is 16.0. The number of carbonyl (C=O) groups is 1. The highest BCUT2D eigenvalue weighted by Crippen LogP contribution is 2.24. The van der Waals surface area contributed by atoms with E-state index in [1.54, 1.807) is 13.1 Å². The molecule has 0 saturated heterocycles. The third-order valence-electron chi connectivity index (χ3n) is 3.80. The predicted octanol–water partition coefficient (Wildman–Crippen LogP) is 1.50. The van der Waals surface area contributed by atoms with E-state index in [9.17, 15) is 13.2 Å². The first-order chi connectivity index (χ1) is 11.3. The second-order valence-corrected chi connectivity index (χ2v) is 7.34. The molecular weight excluding hydrogens is 328 g/mol. The van der Waals surface area contributed by atoms with Gasteiger partial charge >= 0.3 is 0 Å². The molecule has 124 valence electrons. The van der Waals surface area contributed by atoms with Crippen LogP contribution >= 0.6 is 0 Å². The molecule has 0 bridgehead atoms. The Morgan fingerprint density at radius 2 is 1.92 bits per heavy atom. The van der Waals surface area contributed by atoms with Crippen molar-refractivity contribution in [1.82, 2.24) is 9.55 Å². The van der Waals surface area contributed by atoms with Crippen LogP contribution in [0.4, 0.5) is 5.82 Å². The minimum absolute atomic E-state index is 0.0174. The highest BCUT2D eigenvalue weighted by molar-refractivity contribution is 7.92. The van der Waals surface area contributed by atoms with E-state index in [1.165, 1.54) is 23.9 Å². The van der Waals surface area contributed by atoms with Gasteiger partial charge in [0.25, 0.3) is 15.9 Å². The minimum Gasteiger partial charge on any atom is -0.364 e. The van der Waals surface area contributed by atoms with E-state index < -0.39 is 15.9 Å². The highest BCUT2D eigenvalue weighted by atomic mass is 32.2. The van der Waals surface area contributed by atoms with Crippen molar-refractivity contribution in [2.45, 2.75) is 4.90 Å². The Morgan fingerprint density at radius 3 is 2.58 bits per heavy atom. The second-order valence-electron chi connectivity index (χ2n) is 5.37. The van der Waals surface area contributed by atoms with Crippen LogP contribution in [0.3, 0.4) is 0 Å². The maximum Gasteiger partial charge on any atom is 0.266 e. The summed E-state index contributed by atoms with van der Waals surface area (Å²) in [5.41, 5.74) is 6.06. The number of sulfonamides is 1. The highest BCUT2D eigenvalue weighted by Gasteiger charge is 2.25. The van der Waals surface area contributed by atoms with Crippen molar-refractivity contribution in [3.05, 3.63) is 54.4 Å². The lowest BCUT2D eigenvalue weighted by atomic mass is 10.2. The first-order valence-corrected chi connectivity index (χ1v) is 8.55. The molecule has 3 aromatic rings. The molecule has 0 fully saturated rings. The maximum absolute atomic E-state index is 12.8. The number of benzene rings is 1. The Kier molecular flexibility index (Phi) is 3.76. The molecule has 1 aromatic carbocycles. The lowest BCUT2D eigenvalue weighted by Crippen LogP contribution is -2.27. The number of para-hydroxylation sites is 1. The van der Waals surface area contributed by atoms with E-state index in [-0.39, 0.29) is 16.4 Å². The average Bonchev–Trinajstić information content (AvgIpc) is 2.96. The Balaban J connectivity index is 2.04. The molecule has 0 aliphatic carbocycles. The van der Waals surface area contributed by atoms with Gasteiger partial charge in [0.05, 0.1) is 5.52 Å². The number of nitrogens with zero attached hydrogens (tertiary/aromatic N) is 3. The number of amides is 1. The minimum atomic E-state index is -3.85. The van der Waals surface area contributed by atoms with Crippen molar-refractivity contribution in [2.24, 2.45) is 12.8 Å². The Morgan fingerprint density at radius 1 is 1.21 bits per heavy atom. The third-order valence-corrected chi connectivity index (χ3v) is 5.52. The van der Waals surface area contributed by atoms with Crippen LogP contribution in [-0.2, 0) is 17.1 Å². The smallest absolute Gasteiger partial charge is 0.266 e. The summed E-state index contributed by atoms with van der Waals surface area (Å²) in [5, 5.41) is 0.919. The molecule has 0 spiro atoms. The molecule has 0 atom stereocenters. The molecule has 1 amide bonds. The van der Waals surface area contributed by atoms with Crippen molar-refractivity contribution < 1.29 is 13.2 Å². The fourth-order valence-corrected chi connectivity index (χ4v) is 3.65. The summed E-state index contributed by atoms with van der Waals surface area (Å²) in [6.45, 7) is 0. The van der Waals surface area contributed by atoms with E-state index in [0.717, 1.165) is 9.69 Å². The van der Waals surface area contributed by atoms with Gasteiger partial charge in [-0.3, -0.25) is 9.10 Å². The quantitative estimate of drug-likeness (QED) is 0.775. The van der Waals surface area contributed by atoms with Gasteiger partial charge in [0, 0.05) is 25.7 Å². The molecular formula is C16H16N4O3S. The number of primary amides is 1. The van der Waals surface area contributed by atoms with Crippen molar-refractivity contribution in [1.29, 1.82) is 0 Å². The van der Waals surface area contributed by atoms with Crippen LogP contribution in [0.5, 0.6) is 0 Å². The number of carbonyl (C=O) groups excluding carboxylic acids is 1. The van der Waals surface area contributed by atoms with Crippen LogP contribution < -0.4 is 10.0 Å². The molecule has 2 N–H and O–H groups in total. The standard InChI is InChI=1S/C16H16N4O3S/c1-19-10-12(9-14(19)16(17)21)24(22,23)20(2)15-8-7-11-5-3-4-6-13(11)18-15/h3-10H,1-2H3,(H2,17,21). The van der Waals surface area contributed by atoms with Crippen LogP contribution in [0.15, 0.2) is 53.6 Å². The van der Waals surface area contributed by atoms with Gasteiger partial charge in [-0.25, -0.2) is 13.4 Å². The second kappa shape index (κ2) is 5.64. The molecule has 0 saturated carbocycles. The van der Waals surface area contributed by atoms with Crippen LogP contribution in [-0.4, -0.2) is 30.9 Å². The monoisotopic (exact) mass is 344 g/mol. The van der Waals surface area contributed by atoms with E-state index >= 15 is 0 Å². The molecule has 0 aliphatic heterocycles. The van der Waals surface area contributed by atoms with Gasteiger partial charge in [-0.15, -0.1) is 0 Å². The number of rotatable bonds is 4. The number of nitrogens with two attached hydrogens (primary N) is 1. The van der Waals surface area contributed by atoms with Crippen molar-refractivity contribution in [2.75, 3.05) is 11.4 Å². The number of aromatic nitrogens is 2. The SMILES string of the molecule is CN(c1ccc2ccccc2n1)S(=O)(=O)c1cc(C(N)=O)n(C)c1. The normalized spacial score (nSPS) is 11.6. The van der Waals surface area contributed by atoms with Crippen LogP contribution in [0.1, 0.15) is 10.5 Å². The topological polar surface area (TPSA) is 98.3 Å². The van der Waals surface area contributed by atoms with Crippen LogP contribution in [0.25, 0.3) is 10.9 Å². The molecule has 0 radical (unpaired) electrons. The molecule has 8 heteroatoms. The molecule has 2 aromatic heterocycles. The molecule has 2 heterocycles. The number of aryl methyl sites for hydroxylation is 1. The molecule has 0 aliphatic rings. The summed E-state index contributed by atoms with van der Waals surface area (Å²) < 4.78 is 28.0. The summed E-state index contributed by atoms with van der Waals surface area (Å²) in [6, 6.07) is 12.1. The molecule has 7 nitrogen and oxygen atoms in total. The van der Waals surface area contributed by atoms with Crippen LogP contribution in [0, 0.1) is 0 Å². The van der Waals surface area contributed by atoms with Crippen molar-refractivity contribution in [3.8, 4) is 0 Å². The van der Waals surface area contributed by atoms with Gasteiger partial charge in [-0.2, -0.15) is 0 Å². The summed E-state index contributed by atoms with van der Waals surface area (Å²) in [4.78, 5) is 15.7. The van der Waals surface area contributed by atoms with Gasteiger partial charge < -0.3 is 10.3 Å². The van der Waals surface area contributed by atoms with Gasteiger partial charge in [0.15, 0.2) is 0 Å². The summed E-state index contributed by atoms with van der Waals surface area (Å²) >= 11 is 0. The number of hydrogen-bond donors (Lipinski definition) is 1. The Hall–Kier alpha value is -2.87. The van der Waals surface area contributed by atoms with E-state index in [0.29, 0.717) is 5.52 Å². The third kappa shape index (κ3) is 2.61. The number of anilines is 1.